The molecule has 1 aromatic heterocycles. The first-order valence-electron chi connectivity index (χ1n) is 3.92. The van der Waals surface area contributed by atoms with E-state index in [2.05, 4.69) is 9.72 Å². The van der Waals surface area contributed by atoms with Gasteiger partial charge >= 0.3 is 5.69 Å². The molecule has 0 spiro atoms. The maximum Gasteiger partial charge on any atom is 0.309 e. The molecule has 1 heterocycles. The van der Waals surface area contributed by atoms with Crippen molar-refractivity contribution in [3.8, 4) is 11.8 Å². The first-order chi connectivity index (χ1) is 7.51. The molecule has 0 aliphatic rings. The first kappa shape index (κ1) is 11.8. The Hall–Kier alpha value is -2.30. The highest BCUT2D eigenvalue weighted by atomic mass is 19.3. The molecule has 6 nitrogen and oxygen atoms in total. The van der Waals surface area contributed by atoms with Crippen LogP contribution in [0.2, 0.25) is 0 Å². The van der Waals surface area contributed by atoms with E-state index in [0.717, 1.165) is 13.2 Å². The van der Waals surface area contributed by atoms with Crippen LogP contribution in [0.5, 0.6) is 5.75 Å². The van der Waals surface area contributed by atoms with Gasteiger partial charge in [-0.15, -0.1) is 0 Å². The van der Waals surface area contributed by atoms with Gasteiger partial charge in [0.1, 0.15) is 6.07 Å². The summed E-state index contributed by atoms with van der Waals surface area (Å²) in [5, 5.41) is 19.0. The molecule has 16 heavy (non-hydrogen) atoms. The molecular formula is C8H5F2N3O3. The van der Waals surface area contributed by atoms with E-state index in [1.54, 1.807) is 0 Å². The maximum absolute atomic E-state index is 12.4. The molecule has 0 saturated carbocycles. The van der Waals surface area contributed by atoms with Crippen molar-refractivity contribution in [2.75, 3.05) is 7.11 Å². The third kappa shape index (κ3) is 2.03. The lowest BCUT2D eigenvalue weighted by atomic mass is 10.2. The Morgan fingerprint density at radius 2 is 2.31 bits per heavy atom. The molecule has 8 heteroatoms. The molecular weight excluding hydrogens is 224 g/mol. The van der Waals surface area contributed by atoms with Crippen LogP contribution in [0.1, 0.15) is 17.8 Å². The molecule has 0 fully saturated rings. The van der Waals surface area contributed by atoms with Crippen LogP contribution in [0.4, 0.5) is 14.5 Å². The van der Waals surface area contributed by atoms with Crippen molar-refractivity contribution in [1.82, 2.24) is 4.98 Å². The quantitative estimate of drug-likeness (QED) is 0.582. The lowest BCUT2D eigenvalue weighted by Crippen LogP contribution is -2.02. The lowest BCUT2D eigenvalue weighted by Gasteiger charge is -2.06. The Labute approximate surface area is 88.2 Å². The predicted molar refractivity (Wildman–Crippen MR) is 47.1 cm³/mol. The third-order valence-corrected chi connectivity index (χ3v) is 1.72. The van der Waals surface area contributed by atoms with Crippen molar-refractivity contribution in [3.05, 3.63) is 27.6 Å². The fourth-order valence-corrected chi connectivity index (χ4v) is 1.04. The largest absolute Gasteiger partial charge is 0.494 e. The monoisotopic (exact) mass is 229 g/mol. The van der Waals surface area contributed by atoms with Crippen molar-refractivity contribution < 1.29 is 18.4 Å². The number of aromatic nitrogens is 1. The summed E-state index contributed by atoms with van der Waals surface area (Å²) in [6, 6.07) is 2.14. The number of nitriles is 1. The van der Waals surface area contributed by atoms with Crippen LogP contribution in [-0.4, -0.2) is 17.0 Å². The Balaban J connectivity index is 3.48. The summed E-state index contributed by atoms with van der Waals surface area (Å²) in [4.78, 5) is 12.8. The minimum absolute atomic E-state index is 0.416. The van der Waals surface area contributed by atoms with Crippen LogP contribution >= 0.6 is 0 Å². The Bertz CT molecular complexity index is 470. The second-order valence-electron chi connectivity index (χ2n) is 2.61. The molecule has 0 saturated heterocycles. The molecule has 84 valence electrons. The number of halogens is 2. The number of methoxy groups -OCH3 is 1. The summed E-state index contributed by atoms with van der Waals surface area (Å²) in [6.07, 6.45) is -2.97. The Morgan fingerprint density at radius 3 is 2.69 bits per heavy atom. The molecule has 0 atom stereocenters. The van der Waals surface area contributed by atoms with E-state index in [9.17, 15) is 18.9 Å². The second-order valence-corrected chi connectivity index (χ2v) is 2.61. The van der Waals surface area contributed by atoms with Gasteiger partial charge in [0, 0.05) is 0 Å². The third-order valence-electron chi connectivity index (χ3n) is 1.72. The zero-order valence-electron chi connectivity index (χ0n) is 7.98. The SMILES string of the molecule is COc1cc([N+](=O)[O-])c(C#N)nc1C(F)F. The van der Waals surface area contributed by atoms with Crippen LogP contribution in [-0.2, 0) is 0 Å². The summed E-state index contributed by atoms with van der Waals surface area (Å²) < 4.78 is 29.4. The molecule has 0 amide bonds. The van der Waals surface area contributed by atoms with Gasteiger partial charge in [-0.05, 0) is 0 Å². The highest BCUT2D eigenvalue weighted by Crippen LogP contribution is 2.31. The molecule has 0 bridgehead atoms. The minimum atomic E-state index is -2.97. The normalized spacial score (nSPS) is 9.94. The Kier molecular flexibility index (Phi) is 3.30. The number of pyridine rings is 1. The zero-order valence-corrected chi connectivity index (χ0v) is 7.98. The van der Waals surface area contributed by atoms with E-state index in [-0.39, 0.29) is 0 Å². The van der Waals surface area contributed by atoms with E-state index in [0.29, 0.717) is 0 Å². The average molecular weight is 229 g/mol. The summed E-state index contributed by atoms with van der Waals surface area (Å²) in [5.41, 5.74) is -2.12. The van der Waals surface area contributed by atoms with Crippen molar-refractivity contribution in [2.45, 2.75) is 6.43 Å². The molecule has 0 aliphatic carbocycles. The zero-order chi connectivity index (χ0) is 12.3. The topological polar surface area (TPSA) is 89.0 Å². The molecule has 0 radical (unpaired) electrons. The van der Waals surface area contributed by atoms with Gasteiger partial charge in [-0.25, -0.2) is 13.8 Å². The molecule has 1 rings (SSSR count). The number of nitrogens with zero attached hydrogens (tertiary/aromatic N) is 3. The summed E-state index contributed by atoms with van der Waals surface area (Å²) in [7, 11) is 1.08. The summed E-state index contributed by atoms with van der Waals surface area (Å²) in [5.74, 6) is -0.416. The van der Waals surface area contributed by atoms with Crippen molar-refractivity contribution in [3.63, 3.8) is 0 Å². The highest BCUT2D eigenvalue weighted by molar-refractivity contribution is 5.50. The van der Waals surface area contributed by atoms with Gasteiger partial charge < -0.3 is 4.74 Å². The fraction of sp³-hybridized carbons (Fsp3) is 0.250. The van der Waals surface area contributed by atoms with E-state index < -0.39 is 34.2 Å². The van der Waals surface area contributed by atoms with Crippen LogP contribution in [0.15, 0.2) is 6.07 Å². The van der Waals surface area contributed by atoms with Gasteiger partial charge in [0.2, 0.25) is 5.69 Å². The van der Waals surface area contributed by atoms with Crippen LogP contribution in [0, 0.1) is 21.4 Å². The highest BCUT2D eigenvalue weighted by Gasteiger charge is 2.24. The molecule has 0 unspecified atom stereocenters. The van der Waals surface area contributed by atoms with Crippen molar-refractivity contribution >= 4 is 5.69 Å². The number of hydrogen-bond acceptors (Lipinski definition) is 5. The summed E-state index contributed by atoms with van der Waals surface area (Å²) in [6.45, 7) is 0. The van der Waals surface area contributed by atoms with Crippen LogP contribution < -0.4 is 4.74 Å². The number of ether oxygens (including phenoxy) is 1. The lowest BCUT2D eigenvalue weighted by molar-refractivity contribution is -0.385. The molecule has 1 aromatic rings. The average Bonchev–Trinajstić information content (AvgIpc) is 2.26. The Morgan fingerprint density at radius 1 is 1.69 bits per heavy atom. The van der Waals surface area contributed by atoms with Crippen molar-refractivity contribution in [2.24, 2.45) is 0 Å². The van der Waals surface area contributed by atoms with Gasteiger partial charge in [0.05, 0.1) is 18.1 Å². The van der Waals surface area contributed by atoms with Crippen LogP contribution in [0.3, 0.4) is 0 Å². The number of alkyl halides is 2. The first-order valence-corrected chi connectivity index (χ1v) is 3.92. The van der Waals surface area contributed by atoms with E-state index in [1.165, 1.54) is 6.07 Å². The van der Waals surface area contributed by atoms with Gasteiger partial charge in [0.25, 0.3) is 6.43 Å². The maximum atomic E-state index is 12.4. The molecule has 0 N–H and O–H groups in total. The van der Waals surface area contributed by atoms with Crippen LogP contribution in [0.25, 0.3) is 0 Å². The van der Waals surface area contributed by atoms with Gasteiger partial charge in [-0.2, -0.15) is 5.26 Å². The smallest absolute Gasteiger partial charge is 0.309 e. The van der Waals surface area contributed by atoms with Gasteiger partial charge in [-0.1, -0.05) is 0 Å². The van der Waals surface area contributed by atoms with E-state index in [1.807, 2.05) is 0 Å². The van der Waals surface area contributed by atoms with Gasteiger partial charge in [0.15, 0.2) is 11.4 Å². The summed E-state index contributed by atoms with van der Waals surface area (Å²) >= 11 is 0. The number of rotatable bonds is 3. The van der Waals surface area contributed by atoms with E-state index in [4.69, 9.17) is 5.26 Å². The standard InChI is InChI=1S/C8H5F2N3O3/c1-16-6-2-5(13(14)15)4(3-11)12-7(6)8(9)10/h2,8H,1H3. The fourth-order valence-electron chi connectivity index (χ4n) is 1.04. The second kappa shape index (κ2) is 4.48. The number of nitro groups is 1. The minimum Gasteiger partial charge on any atom is -0.494 e. The van der Waals surface area contributed by atoms with E-state index >= 15 is 0 Å². The molecule has 0 aromatic carbocycles. The molecule has 0 aliphatic heterocycles. The van der Waals surface area contributed by atoms with Gasteiger partial charge in [-0.3, -0.25) is 10.1 Å². The number of hydrogen-bond donors (Lipinski definition) is 0. The predicted octanol–water partition coefficient (Wildman–Crippen LogP) is 1.81. The van der Waals surface area contributed by atoms with Crippen molar-refractivity contribution in [1.29, 1.82) is 5.26 Å².